The van der Waals surface area contributed by atoms with Crippen molar-refractivity contribution >= 4 is 63.5 Å². The molecule has 0 bridgehead atoms. The first kappa shape index (κ1) is 41.5. The number of anilines is 3. The summed E-state index contributed by atoms with van der Waals surface area (Å²) in [6, 6.07) is 17.4. The van der Waals surface area contributed by atoms with Gasteiger partial charge in [-0.15, -0.1) is 0 Å². The fourth-order valence-corrected chi connectivity index (χ4v) is 6.06. The van der Waals surface area contributed by atoms with Crippen LogP contribution in [0.3, 0.4) is 0 Å². The molecule has 1 unspecified atom stereocenters. The predicted octanol–water partition coefficient (Wildman–Crippen LogP) is 3.31. The maximum absolute atomic E-state index is 12.9. The molecule has 4 aromatic rings. The zero-order valence-corrected chi connectivity index (χ0v) is 31.5. The number of aromatic nitrogens is 1. The van der Waals surface area contributed by atoms with Crippen LogP contribution in [0.4, 0.5) is 21.9 Å². The number of carbonyl (C=O) groups excluding carboxylic acids is 6. The van der Waals surface area contributed by atoms with Crippen molar-refractivity contribution in [2.24, 2.45) is 0 Å². The molecular weight excluding hydrogens is 756 g/mol. The van der Waals surface area contributed by atoms with Crippen molar-refractivity contribution in [1.82, 2.24) is 15.2 Å². The van der Waals surface area contributed by atoms with E-state index < -0.39 is 29.7 Å². The summed E-state index contributed by atoms with van der Waals surface area (Å²) < 4.78 is 33.0. The lowest BCUT2D eigenvalue weighted by molar-refractivity contribution is -0.136. The smallest absolute Gasteiger partial charge is 0.323 e. The Balaban J connectivity index is 0.714. The first-order valence-corrected chi connectivity index (χ1v) is 18.7. The van der Waals surface area contributed by atoms with E-state index in [4.69, 9.17) is 28.4 Å². The van der Waals surface area contributed by atoms with Crippen molar-refractivity contribution in [1.29, 1.82) is 0 Å². The summed E-state index contributed by atoms with van der Waals surface area (Å²) in [6.07, 6.45) is 1.97. The number of benzene rings is 3. The molecule has 2 aliphatic heterocycles. The number of nitrogens with one attached hydrogen (secondary N) is 5. The molecule has 18 heteroatoms. The highest BCUT2D eigenvalue weighted by molar-refractivity contribution is 6.23. The number of urea groups is 1. The number of nitrogens with zero attached hydrogens (tertiary/aromatic N) is 1. The molecule has 1 aromatic heterocycles. The third-order valence-corrected chi connectivity index (χ3v) is 8.87. The van der Waals surface area contributed by atoms with Crippen molar-refractivity contribution < 1.29 is 57.2 Å². The second-order valence-electron chi connectivity index (χ2n) is 13.0. The van der Waals surface area contributed by atoms with Gasteiger partial charge in [-0.1, -0.05) is 6.07 Å². The van der Waals surface area contributed by atoms with Gasteiger partial charge in [0.2, 0.25) is 17.7 Å². The lowest BCUT2D eigenvalue weighted by Gasteiger charge is -2.27. The molecule has 0 aliphatic carbocycles. The first-order chi connectivity index (χ1) is 28.2. The van der Waals surface area contributed by atoms with E-state index in [2.05, 4.69) is 26.3 Å². The predicted molar refractivity (Wildman–Crippen MR) is 209 cm³/mol. The Labute approximate surface area is 332 Å². The molecule has 1 atom stereocenters. The van der Waals surface area contributed by atoms with Gasteiger partial charge in [-0.2, -0.15) is 0 Å². The van der Waals surface area contributed by atoms with Crippen LogP contribution in [0.1, 0.15) is 33.6 Å². The SMILES string of the molecule is O=C1CCC(N2C(=O)c3ccc(OCCOCCOCCOCCOCCOCC(=O)Nc4ccc(NC(=O)Nc5ccc6cc[nH]c6c5)cc4)cc3C2=O)C(=O)N1. The molecule has 58 heavy (non-hydrogen) atoms. The van der Waals surface area contributed by atoms with Gasteiger partial charge in [0, 0.05) is 35.2 Å². The Hall–Kier alpha value is -6.18. The number of carbonyl (C=O) groups is 6. The molecule has 1 saturated heterocycles. The molecule has 5 N–H and O–H groups in total. The van der Waals surface area contributed by atoms with Crippen LogP contribution in [0.25, 0.3) is 10.9 Å². The van der Waals surface area contributed by atoms with Crippen molar-refractivity contribution in [2.45, 2.75) is 18.9 Å². The average molecular weight is 801 g/mol. The van der Waals surface area contributed by atoms with E-state index in [0.29, 0.717) is 69.1 Å². The minimum Gasteiger partial charge on any atom is -0.491 e. The third-order valence-electron chi connectivity index (χ3n) is 8.87. The van der Waals surface area contributed by atoms with Crippen molar-refractivity contribution in [2.75, 3.05) is 88.6 Å². The van der Waals surface area contributed by atoms with Gasteiger partial charge in [0.25, 0.3) is 11.8 Å². The molecule has 18 nitrogen and oxygen atoms in total. The first-order valence-electron chi connectivity index (χ1n) is 18.7. The second-order valence-corrected chi connectivity index (χ2v) is 13.0. The highest BCUT2D eigenvalue weighted by atomic mass is 16.6. The van der Waals surface area contributed by atoms with Crippen LogP contribution in [-0.2, 0) is 38.1 Å². The number of amides is 7. The van der Waals surface area contributed by atoms with Gasteiger partial charge in [0.1, 0.15) is 25.0 Å². The number of rotatable bonds is 22. The van der Waals surface area contributed by atoms with Crippen molar-refractivity contribution in [3.8, 4) is 5.75 Å². The minimum absolute atomic E-state index is 0.0509. The highest BCUT2D eigenvalue weighted by Gasteiger charge is 2.44. The Morgan fingerprint density at radius 2 is 1.22 bits per heavy atom. The largest absolute Gasteiger partial charge is 0.491 e. The summed E-state index contributed by atoms with van der Waals surface area (Å²) in [5, 5.41) is 11.5. The number of hydrogen-bond acceptors (Lipinski definition) is 12. The summed E-state index contributed by atoms with van der Waals surface area (Å²) >= 11 is 0. The number of H-pyrrole nitrogens is 1. The zero-order chi connectivity index (χ0) is 40.7. The van der Waals surface area contributed by atoms with Gasteiger partial charge in [-0.3, -0.25) is 34.2 Å². The number of imide groups is 2. The molecule has 3 aromatic carbocycles. The van der Waals surface area contributed by atoms with E-state index in [1.807, 2.05) is 30.5 Å². The van der Waals surface area contributed by atoms with Crippen molar-refractivity contribution in [3.05, 3.63) is 84.1 Å². The van der Waals surface area contributed by atoms with Crippen LogP contribution in [0.2, 0.25) is 0 Å². The number of aromatic amines is 1. The summed E-state index contributed by atoms with van der Waals surface area (Å²) in [5.74, 6) is -2.22. The van der Waals surface area contributed by atoms with Gasteiger partial charge in [-0.25, -0.2) is 4.79 Å². The minimum atomic E-state index is -1.03. The molecule has 306 valence electrons. The lowest BCUT2D eigenvalue weighted by atomic mass is 10.0. The van der Waals surface area contributed by atoms with Crippen LogP contribution in [-0.4, -0.2) is 124 Å². The van der Waals surface area contributed by atoms with Crippen LogP contribution >= 0.6 is 0 Å². The number of piperidine rings is 1. The van der Waals surface area contributed by atoms with Gasteiger partial charge >= 0.3 is 6.03 Å². The second kappa shape index (κ2) is 20.8. The van der Waals surface area contributed by atoms with Crippen LogP contribution in [0, 0.1) is 0 Å². The monoisotopic (exact) mass is 800 g/mol. The molecule has 2 aliphatic rings. The van der Waals surface area contributed by atoms with E-state index in [1.165, 1.54) is 12.1 Å². The van der Waals surface area contributed by atoms with E-state index in [0.717, 1.165) is 15.8 Å². The van der Waals surface area contributed by atoms with Crippen LogP contribution < -0.4 is 26.0 Å². The maximum Gasteiger partial charge on any atom is 0.323 e. The molecule has 0 radical (unpaired) electrons. The average Bonchev–Trinajstić information content (AvgIpc) is 3.77. The van der Waals surface area contributed by atoms with Gasteiger partial charge < -0.3 is 49.4 Å². The van der Waals surface area contributed by atoms with E-state index in [-0.39, 0.29) is 62.3 Å². The normalized spacial score (nSPS) is 15.0. The third kappa shape index (κ3) is 11.7. The Bertz CT molecular complexity index is 2090. The number of hydrogen-bond donors (Lipinski definition) is 5. The van der Waals surface area contributed by atoms with E-state index >= 15 is 0 Å². The van der Waals surface area contributed by atoms with Crippen LogP contribution in [0.5, 0.6) is 5.75 Å². The molecule has 0 spiro atoms. The molecule has 1 fully saturated rings. The molecule has 3 heterocycles. The maximum atomic E-state index is 12.9. The van der Waals surface area contributed by atoms with E-state index in [9.17, 15) is 28.8 Å². The molecule has 0 saturated carbocycles. The highest BCUT2D eigenvalue weighted by Crippen LogP contribution is 2.30. The topological polar surface area (TPSA) is 225 Å². The summed E-state index contributed by atoms with van der Waals surface area (Å²) in [6.45, 7) is 3.00. The quantitative estimate of drug-likeness (QED) is 0.0571. The lowest BCUT2D eigenvalue weighted by Crippen LogP contribution is -2.54. The summed E-state index contributed by atoms with van der Waals surface area (Å²) in [4.78, 5) is 78.1. The fraction of sp³-hybridized carbons (Fsp3) is 0.350. The molecule has 7 amide bonds. The molecular formula is C40H44N6O12. The summed E-state index contributed by atoms with van der Waals surface area (Å²) in [5.41, 5.74) is 3.02. The number of fused-ring (bicyclic) bond motifs is 2. The Morgan fingerprint density at radius 3 is 1.90 bits per heavy atom. The van der Waals surface area contributed by atoms with Gasteiger partial charge in [0.05, 0.1) is 70.6 Å². The van der Waals surface area contributed by atoms with Crippen molar-refractivity contribution in [3.63, 3.8) is 0 Å². The fourth-order valence-electron chi connectivity index (χ4n) is 6.06. The molecule has 6 rings (SSSR count). The zero-order valence-electron chi connectivity index (χ0n) is 31.5. The van der Waals surface area contributed by atoms with Crippen LogP contribution in [0.15, 0.2) is 72.9 Å². The Morgan fingerprint density at radius 1 is 0.638 bits per heavy atom. The number of ether oxygens (including phenoxy) is 6. The summed E-state index contributed by atoms with van der Waals surface area (Å²) in [7, 11) is 0. The van der Waals surface area contributed by atoms with Gasteiger partial charge in [-0.05, 0) is 72.5 Å². The van der Waals surface area contributed by atoms with E-state index in [1.54, 1.807) is 30.3 Å². The van der Waals surface area contributed by atoms with Gasteiger partial charge in [0.15, 0.2) is 0 Å². The standard InChI is InChI=1S/C40H44N6O12/c47-35-10-9-34(37(49)45-35)46-38(50)31-8-7-30(24-32(31)39(46)51)58-22-21-56-18-17-54-14-13-53-15-16-55-19-20-57-25-36(48)42-27-3-5-28(6-4-27)43-40(52)44-29-2-1-26-11-12-41-33(26)23-29/h1-8,11-12,23-24,34,41H,9-10,13-22,25H2,(H,42,48)(H2,43,44,52)(H,45,47,49). The Kier molecular flexibility index (Phi) is 14.9.